The molecule has 0 saturated carbocycles. The molecule has 100 valence electrons. The molecule has 0 bridgehead atoms. The van der Waals surface area contributed by atoms with Crippen LogP contribution in [-0.4, -0.2) is 12.0 Å². The van der Waals surface area contributed by atoms with Gasteiger partial charge in [0.2, 0.25) is 0 Å². The zero-order chi connectivity index (χ0) is 13.8. The molecule has 1 aromatic heterocycles. The van der Waals surface area contributed by atoms with Gasteiger partial charge < -0.3 is 5.32 Å². The molecule has 0 aliphatic rings. The molecular formula is C16H19BrN2. The van der Waals surface area contributed by atoms with E-state index in [0.29, 0.717) is 0 Å². The molecule has 0 aliphatic heterocycles. The number of rotatable bonds is 4. The lowest BCUT2D eigenvalue weighted by atomic mass is 9.97. The Bertz CT molecular complexity index is 566. The van der Waals surface area contributed by atoms with Crippen LogP contribution in [0.3, 0.4) is 0 Å². The number of pyridine rings is 1. The third-order valence-electron chi connectivity index (χ3n) is 3.49. The molecule has 0 radical (unpaired) electrons. The van der Waals surface area contributed by atoms with Gasteiger partial charge in [0.25, 0.3) is 0 Å². The molecule has 19 heavy (non-hydrogen) atoms. The lowest BCUT2D eigenvalue weighted by Gasteiger charge is -2.17. The Morgan fingerprint density at radius 1 is 1.16 bits per heavy atom. The summed E-state index contributed by atoms with van der Waals surface area (Å²) in [6, 6.07) is 9.07. The standard InChI is InChI=1S/C16H19BrN2/c1-11-4-5-13(6-12(11)2)7-16(18-3)14-8-15(17)10-19-9-14/h4-6,8-10,16,18H,7H2,1-3H3. The first-order valence-corrected chi connectivity index (χ1v) is 7.23. The zero-order valence-corrected chi connectivity index (χ0v) is 13.2. The third kappa shape index (κ3) is 3.64. The van der Waals surface area contributed by atoms with Gasteiger partial charge in [-0.15, -0.1) is 0 Å². The first-order valence-electron chi connectivity index (χ1n) is 6.44. The topological polar surface area (TPSA) is 24.9 Å². The van der Waals surface area contributed by atoms with Gasteiger partial charge in [-0.25, -0.2) is 0 Å². The van der Waals surface area contributed by atoms with Gasteiger partial charge in [0.1, 0.15) is 0 Å². The van der Waals surface area contributed by atoms with Crippen molar-refractivity contribution in [3.63, 3.8) is 0 Å². The predicted molar refractivity (Wildman–Crippen MR) is 83.4 cm³/mol. The molecule has 2 nitrogen and oxygen atoms in total. The average molecular weight is 319 g/mol. The van der Waals surface area contributed by atoms with Crippen molar-refractivity contribution in [1.29, 1.82) is 0 Å². The Kier molecular flexibility index (Phi) is 4.72. The summed E-state index contributed by atoms with van der Waals surface area (Å²) in [5.74, 6) is 0. The van der Waals surface area contributed by atoms with Crippen LogP contribution in [0.15, 0.2) is 41.1 Å². The van der Waals surface area contributed by atoms with E-state index >= 15 is 0 Å². The fourth-order valence-electron chi connectivity index (χ4n) is 2.17. The van der Waals surface area contributed by atoms with Crippen LogP contribution in [0.5, 0.6) is 0 Å². The highest BCUT2D eigenvalue weighted by Gasteiger charge is 2.11. The minimum absolute atomic E-state index is 0.284. The van der Waals surface area contributed by atoms with Gasteiger partial charge in [0.05, 0.1) is 0 Å². The van der Waals surface area contributed by atoms with Gasteiger partial charge in [0, 0.05) is 22.9 Å². The van der Waals surface area contributed by atoms with Crippen LogP contribution in [0.1, 0.15) is 28.3 Å². The summed E-state index contributed by atoms with van der Waals surface area (Å²) in [7, 11) is 1.99. The summed E-state index contributed by atoms with van der Waals surface area (Å²) in [6.45, 7) is 4.31. The van der Waals surface area contributed by atoms with Gasteiger partial charge >= 0.3 is 0 Å². The lowest BCUT2D eigenvalue weighted by molar-refractivity contribution is 0.589. The van der Waals surface area contributed by atoms with E-state index < -0.39 is 0 Å². The Morgan fingerprint density at radius 2 is 1.95 bits per heavy atom. The van der Waals surface area contributed by atoms with Gasteiger partial charge in [0.15, 0.2) is 0 Å². The fourth-order valence-corrected chi connectivity index (χ4v) is 2.55. The summed E-state index contributed by atoms with van der Waals surface area (Å²) in [6.07, 6.45) is 4.70. The van der Waals surface area contributed by atoms with Crippen molar-refractivity contribution in [2.45, 2.75) is 26.3 Å². The summed E-state index contributed by atoms with van der Waals surface area (Å²) in [5.41, 5.74) is 5.24. The normalized spacial score (nSPS) is 12.4. The molecule has 0 aliphatic carbocycles. The molecule has 1 heterocycles. The molecule has 0 amide bonds. The minimum atomic E-state index is 0.284. The van der Waals surface area contributed by atoms with Crippen molar-refractivity contribution in [1.82, 2.24) is 10.3 Å². The van der Waals surface area contributed by atoms with Gasteiger partial charge in [-0.2, -0.15) is 0 Å². The van der Waals surface area contributed by atoms with E-state index in [1.165, 1.54) is 22.3 Å². The molecule has 0 fully saturated rings. The first kappa shape index (κ1) is 14.2. The van der Waals surface area contributed by atoms with Crippen LogP contribution in [0.25, 0.3) is 0 Å². The van der Waals surface area contributed by atoms with E-state index in [2.05, 4.69) is 64.3 Å². The number of hydrogen-bond donors (Lipinski definition) is 1. The second-order valence-corrected chi connectivity index (χ2v) is 5.82. The predicted octanol–water partition coefficient (Wildman–Crippen LogP) is 3.96. The third-order valence-corrected chi connectivity index (χ3v) is 3.92. The number of benzene rings is 1. The van der Waals surface area contributed by atoms with E-state index in [4.69, 9.17) is 0 Å². The molecule has 2 aromatic rings. The Balaban J connectivity index is 2.21. The summed E-state index contributed by atoms with van der Waals surface area (Å²) in [4.78, 5) is 4.24. The maximum absolute atomic E-state index is 4.24. The molecular weight excluding hydrogens is 300 g/mol. The Hall–Kier alpha value is -1.19. The highest BCUT2D eigenvalue weighted by molar-refractivity contribution is 9.10. The van der Waals surface area contributed by atoms with Crippen LogP contribution >= 0.6 is 15.9 Å². The van der Waals surface area contributed by atoms with Crippen LogP contribution in [-0.2, 0) is 6.42 Å². The van der Waals surface area contributed by atoms with E-state index in [-0.39, 0.29) is 6.04 Å². The number of nitrogens with one attached hydrogen (secondary N) is 1. The first-order chi connectivity index (χ1) is 9.10. The number of aryl methyl sites for hydroxylation is 2. The zero-order valence-electron chi connectivity index (χ0n) is 11.6. The van der Waals surface area contributed by atoms with Crippen LogP contribution in [0.4, 0.5) is 0 Å². The van der Waals surface area contributed by atoms with Crippen molar-refractivity contribution in [2.24, 2.45) is 0 Å². The van der Waals surface area contributed by atoms with Crippen molar-refractivity contribution in [3.8, 4) is 0 Å². The molecule has 2 rings (SSSR count). The second kappa shape index (κ2) is 6.31. The summed E-state index contributed by atoms with van der Waals surface area (Å²) < 4.78 is 1.02. The van der Waals surface area contributed by atoms with Crippen LogP contribution in [0.2, 0.25) is 0 Å². The van der Waals surface area contributed by atoms with Crippen molar-refractivity contribution in [3.05, 3.63) is 63.4 Å². The molecule has 1 atom stereocenters. The summed E-state index contributed by atoms with van der Waals surface area (Å²) >= 11 is 3.48. The quantitative estimate of drug-likeness (QED) is 0.922. The largest absolute Gasteiger partial charge is 0.313 e. The van der Waals surface area contributed by atoms with Crippen molar-refractivity contribution < 1.29 is 0 Å². The molecule has 0 saturated heterocycles. The molecule has 1 aromatic carbocycles. The van der Waals surface area contributed by atoms with Crippen LogP contribution in [0, 0.1) is 13.8 Å². The number of hydrogen-bond acceptors (Lipinski definition) is 2. The molecule has 3 heteroatoms. The van der Waals surface area contributed by atoms with Crippen LogP contribution < -0.4 is 5.32 Å². The van der Waals surface area contributed by atoms with Crippen molar-refractivity contribution >= 4 is 15.9 Å². The maximum Gasteiger partial charge on any atom is 0.0410 e. The highest BCUT2D eigenvalue weighted by Crippen LogP contribution is 2.21. The van der Waals surface area contributed by atoms with E-state index in [0.717, 1.165) is 10.9 Å². The molecule has 1 N–H and O–H groups in total. The number of aromatic nitrogens is 1. The molecule has 0 spiro atoms. The van der Waals surface area contributed by atoms with Gasteiger partial charge in [-0.1, -0.05) is 18.2 Å². The van der Waals surface area contributed by atoms with E-state index in [9.17, 15) is 0 Å². The minimum Gasteiger partial charge on any atom is -0.313 e. The summed E-state index contributed by atoms with van der Waals surface area (Å²) in [5, 5.41) is 3.37. The highest BCUT2D eigenvalue weighted by atomic mass is 79.9. The Morgan fingerprint density at radius 3 is 2.58 bits per heavy atom. The number of halogens is 1. The second-order valence-electron chi connectivity index (χ2n) is 4.90. The van der Waals surface area contributed by atoms with E-state index in [1.54, 1.807) is 0 Å². The van der Waals surface area contributed by atoms with Gasteiger partial charge in [-0.05, 0) is 71.6 Å². The van der Waals surface area contributed by atoms with Gasteiger partial charge in [-0.3, -0.25) is 4.98 Å². The average Bonchev–Trinajstić information content (AvgIpc) is 2.40. The monoisotopic (exact) mass is 318 g/mol. The SMILES string of the molecule is CNC(Cc1ccc(C)c(C)c1)c1cncc(Br)c1. The Labute approximate surface area is 123 Å². The number of likely N-dealkylation sites (N-methyl/N-ethyl adjacent to an activating group) is 1. The van der Waals surface area contributed by atoms with Crippen molar-refractivity contribution in [2.75, 3.05) is 7.05 Å². The molecule has 1 unspecified atom stereocenters. The lowest BCUT2D eigenvalue weighted by Crippen LogP contribution is -2.19. The fraction of sp³-hybridized carbons (Fsp3) is 0.312. The smallest absolute Gasteiger partial charge is 0.0410 e. The number of nitrogens with zero attached hydrogens (tertiary/aromatic N) is 1. The maximum atomic E-state index is 4.24. The van der Waals surface area contributed by atoms with E-state index in [1.807, 2.05) is 19.4 Å².